The highest BCUT2D eigenvalue weighted by Gasteiger charge is 2.16. The van der Waals surface area contributed by atoms with Crippen molar-refractivity contribution in [2.75, 3.05) is 13.1 Å². The zero-order valence-electron chi connectivity index (χ0n) is 14.2. The third-order valence-corrected chi connectivity index (χ3v) is 5.81. The molecule has 138 valence electrons. The highest BCUT2D eigenvalue weighted by Crippen LogP contribution is 2.28. The van der Waals surface area contributed by atoms with Crippen molar-refractivity contribution in [3.05, 3.63) is 39.1 Å². The minimum atomic E-state index is 0.332. The lowest BCUT2D eigenvalue weighted by Crippen LogP contribution is -2.25. The van der Waals surface area contributed by atoms with Gasteiger partial charge in [-0.05, 0) is 44.1 Å². The summed E-state index contributed by atoms with van der Waals surface area (Å²) in [5.41, 5.74) is 0. The van der Waals surface area contributed by atoms with Gasteiger partial charge in [0.15, 0.2) is 10.8 Å². The van der Waals surface area contributed by atoms with E-state index in [0.29, 0.717) is 22.4 Å². The summed E-state index contributed by atoms with van der Waals surface area (Å²) in [5, 5.41) is 15.1. The Kier molecular flexibility index (Phi) is 5.59. The van der Waals surface area contributed by atoms with E-state index in [1.54, 1.807) is 18.2 Å². The van der Waals surface area contributed by atoms with Crippen molar-refractivity contribution in [2.45, 2.75) is 38.8 Å². The van der Waals surface area contributed by atoms with Crippen LogP contribution in [0.5, 0.6) is 5.75 Å². The summed E-state index contributed by atoms with van der Waals surface area (Å²) in [6, 6.07) is 5.17. The number of benzene rings is 1. The summed E-state index contributed by atoms with van der Waals surface area (Å²) < 4.78 is 7.60. The smallest absolute Gasteiger partial charge is 0.234 e. The maximum Gasteiger partial charge on any atom is 0.234 e. The summed E-state index contributed by atoms with van der Waals surface area (Å²) in [6.45, 7) is 3.35. The third-order valence-electron chi connectivity index (χ3n) is 4.41. The lowest BCUT2D eigenvalue weighted by molar-refractivity contribution is 0.267. The van der Waals surface area contributed by atoms with E-state index >= 15 is 0 Å². The lowest BCUT2D eigenvalue weighted by atomic mass is 10.2. The fourth-order valence-corrected chi connectivity index (χ4v) is 4.31. The molecule has 26 heavy (non-hydrogen) atoms. The number of nitrogens with zero attached hydrogens (tertiary/aromatic N) is 5. The van der Waals surface area contributed by atoms with Crippen LogP contribution in [-0.2, 0) is 13.2 Å². The van der Waals surface area contributed by atoms with Crippen LogP contribution in [0, 0.1) is 0 Å². The van der Waals surface area contributed by atoms with Gasteiger partial charge in [0, 0.05) is 5.02 Å². The van der Waals surface area contributed by atoms with Gasteiger partial charge in [-0.15, -0.1) is 10.2 Å². The number of hydrogen-bond acceptors (Lipinski definition) is 6. The van der Waals surface area contributed by atoms with Gasteiger partial charge in [0.2, 0.25) is 4.96 Å². The highest BCUT2D eigenvalue weighted by molar-refractivity contribution is 7.16. The van der Waals surface area contributed by atoms with Gasteiger partial charge >= 0.3 is 0 Å². The van der Waals surface area contributed by atoms with E-state index in [1.165, 1.54) is 37.0 Å². The van der Waals surface area contributed by atoms with Crippen LogP contribution in [0.25, 0.3) is 4.96 Å². The Labute approximate surface area is 165 Å². The van der Waals surface area contributed by atoms with E-state index in [0.717, 1.165) is 35.4 Å². The van der Waals surface area contributed by atoms with Crippen LogP contribution in [0.4, 0.5) is 0 Å². The molecule has 0 aliphatic carbocycles. The molecule has 0 N–H and O–H groups in total. The minimum Gasteiger partial charge on any atom is -0.485 e. The third kappa shape index (κ3) is 4.11. The fraction of sp³-hybridized carbons (Fsp3) is 0.471. The molecular weight excluding hydrogens is 393 g/mol. The van der Waals surface area contributed by atoms with Crippen LogP contribution >= 0.6 is 34.5 Å². The quantitative estimate of drug-likeness (QED) is 0.620. The van der Waals surface area contributed by atoms with Crippen molar-refractivity contribution in [2.24, 2.45) is 0 Å². The minimum absolute atomic E-state index is 0.332. The zero-order chi connectivity index (χ0) is 17.9. The molecule has 0 amide bonds. The van der Waals surface area contributed by atoms with Crippen molar-refractivity contribution in [1.29, 1.82) is 0 Å². The number of hydrogen-bond donors (Lipinski definition) is 0. The Hall–Kier alpha value is -1.41. The van der Waals surface area contributed by atoms with Crippen molar-refractivity contribution >= 4 is 39.5 Å². The van der Waals surface area contributed by atoms with Crippen LogP contribution in [-0.4, -0.2) is 37.8 Å². The average Bonchev–Trinajstić information content (AvgIpc) is 3.07. The topological polar surface area (TPSA) is 55.6 Å². The van der Waals surface area contributed by atoms with Crippen LogP contribution in [0.2, 0.25) is 10.0 Å². The molecule has 6 nitrogen and oxygen atoms in total. The zero-order valence-corrected chi connectivity index (χ0v) is 16.5. The number of halogens is 2. The van der Waals surface area contributed by atoms with E-state index in [-0.39, 0.29) is 0 Å². The molecule has 0 unspecified atom stereocenters. The maximum absolute atomic E-state index is 6.14. The molecule has 4 rings (SSSR count). The molecule has 0 saturated carbocycles. The molecular formula is C17H19Cl2N5OS. The van der Waals surface area contributed by atoms with E-state index in [1.807, 2.05) is 4.52 Å². The second-order valence-electron chi connectivity index (χ2n) is 6.36. The molecule has 1 fully saturated rings. The normalized spacial score (nSPS) is 16.1. The largest absolute Gasteiger partial charge is 0.485 e. The van der Waals surface area contributed by atoms with E-state index in [9.17, 15) is 0 Å². The summed E-state index contributed by atoms with van der Waals surface area (Å²) in [4.78, 5) is 3.22. The Balaban J connectivity index is 1.45. The van der Waals surface area contributed by atoms with E-state index in [2.05, 4.69) is 20.2 Å². The van der Waals surface area contributed by atoms with E-state index < -0.39 is 0 Å². The van der Waals surface area contributed by atoms with Gasteiger partial charge in [-0.3, -0.25) is 4.90 Å². The molecule has 3 heterocycles. The number of likely N-dealkylation sites (tertiary alicyclic amines) is 1. The number of aromatic nitrogens is 4. The molecule has 9 heteroatoms. The molecule has 0 bridgehead atoms. The second kappa shape index (κ2) is 8.08. The lowest BCUT2D eigenvalue weighted by Gasteiger charge is -2.17. The van der Waals surface area contributed by atoms with Gasteiger partial charge in [0.25, 0.3) is 0 Å². The Morgan fingerprint density at radius 2 is 1.88 bits per heavy atom. The summed E-state index contributed by atoms with van der Waals surface area (Å²) in [7, 11) is 0. The predicted molar refractivity (Wildman–Crippen MR) is 103 cm³/mol. The fourth-order valence-electron chi connectivity index (χ4n) is 3.08. The summed E-state index contributed by atoms with van der Waals surface area (Å²) in [6.07, 6.45) is 5.13. The van der Waals surface area contributed by atoms with Gasteiger partial charge in [-0.2, -0.15) is 9.61 Å². The molecule has 2 aromatic heterocycles. The van der Waals surface area contributed by atoms with Crippen molar-refractivity contribution in [3.8, 4) is 5.75 Å². The monoisotopic (exact) mass is 411 g/mol. The molecule has 3 aromatic rings. The summed E-state index contributed by atoms with van der Waals surface area (Å²) >= 11 is 13.5. The molecule has 0 atom stereocenters. The van der Waals surface area contributed by atoms with Crippen LogP contribution in [0.15, 0.2) is 18.2 Å². The average molecular weight is 412 g/mol. The van der Waals surface area contributed by atoms with Crippen molar-refractivity contribution in [1.82, 2.24) is 24.7 Å². The molecule has 1 aliphatic heterocycles. The molecule has 0 radical (unpaired) electrons. The Morgan fingerprint density at radius 3 is 2.65 bits per heavy atom. The van der Waals surface area contributed by atoms with E-state index in [4.69, 9.17) is 27.9 Å². The number of fused-ring (bicyclic) bond motifs is 1. The highest BCUT2D eigenvalue weighted by atomic mass is 35.5. The molecule has 1 saturated heterocycles. The first-order valence-corrected chi connectivity index (χ1v) is 10.3. The first-order valence-electron chi connectivity index (χ1n) is 8.69. The first kappa shape index (κ1) is 18.0. The van der Waals surface area contributed by atoms with Gasteiger partial charge < -0.3 is 4.74 Å². The van der Waals surface area contributed by atoms with Gasteiger partial charge in [-0.25, -0.2) is 0 Å². The SMILES string of the molecule is Clc1ccc(OCc2nn3c(CN4CCCCCC4)nnc3s2)c(Cl)c1. The van der Waals surface area contributed by atoms with Gasteiger partial charge in [0.1, 0.15) is 12.4 Å². The maximum atomic E-state index is 6.14. The van der Waals surface area contributed by atoms with Crippen LogP contribution in [0.3, 0.4) is 0 Å². The molecule has 1 aromatic carbocycles. The molecule has 1 aliphatic rings. The Bertz CT molecular complexity index is 889. The van der Waals surface area contributed by atoms with Crippen LogP contribution in [0.1, 0.15) is 36.5 Å². The number of ether oxygens (including phenoxy) is 1. The van der Waals surface area contributed by atoms with Gasteiger partial charge in [0.05, 0.1) is 11.6 Å². The van der Waals surface area contributed by atoms with Crippen molar-refractivity contribution < 1.29 is 4.74 Å². The van der Waals surface area contributed by atoms with Crippen LogP contribution < -0.4 is 4.74 Å². The predicted octanol–water partition coefficient (Wildman–Crippen LogP) is 4.45. The number of rotatable bonds is 5. The second-order valence-corrected chi connectivity index (χ2v) is 8.24. The Morgan fingerprint density at radius 1 is 1.08 bits per heavy atom. The van der Waals surface area contributed by atoms with Gasteiger partial charge in [-0.1, -0.05) is 47.4 Å². The standard InChI is InChI=1S/C17H19Cl2N5OS/c18-12-5-6-14(13(19)9-12)25-11-16-22-24-15(20-21-17(24)26-16)10-23-7-3-1-2-4-8-23/h5-6,9H,1-4,7-8,10-11H2. The van der Waals surface area contributed by atoms with Crippen molar-refractivity contribution in [3.63, 3.8) is 0 Å². The molecule has 0 spiro atoms. The first-order chi connectivity index (χ1) is 12.7. The summed E-state index contributed by atoms with van der Waals surface area (Å²) in [5.74, 6) is 1.47.